The first-order valence-electron chi connectivity index (χ1n) is 6.98. The lowest BCUT2D eigenvalue weighted by molar-refractivity contribution is -0.125. The molecule has 1 aliphatic rings. The minimum atomic E-state index is -0.496. The van der Waals surface area contributed by atoms with Gasteiger partial charge in [0.05, 0.1) is 5.69 Å². The van der Waals surface area contributed by atoms with E-state index in [-0.39, 0.29) is 11.8 Å². The highest BCUT2D eigenvalue weighted by molar-refractivity contribution is 6.00. The van der Waals surface area contributed by atoms with Gasteiger partial charge in [-0.3, -0.25) is 9.59 Å². The zero-order valence-electron chi connectivity index (χ0n) is 12.1. The molecule has 1 heterocycles. The van der Waals surface area contributed by atoms with E-state index >= 15 is 0 Å². The van der Waals surface area contributed by atoms with Crippen molar-refractivity contribution in [1.29, 1.82) is 0 Å². The van der Waals surface area contributed by atoms with E-state index in [9.17, 15) is 9.59 Å². The average molecular weight is 276 g/mol. The van der Waals surface area contributed by atoms with Gasteiger partial charge >= 0.3 is 0 Å². The van der Waals surface area contributed by atoms with Gasteiger partial charge in [-0.2, -0.15) is 0 Å². The first kappa shape index (κ1) is 14.4. The molecule has 5 nitrogen and oxygen atoms in total. The SMILES string of the molecule is CCCC(=O)Nc1ccc2c(c1)OC(C)C(=O)N2CC. The number of hydrogen-bond acceptors (Lipinski definition) is 3. The monoisotopic (exact) mass is 276 g/mol. The maximum absolute atomic E-state index is 12.0. The number of carbonyl (C=O) groups is 2. The Balaban J connectivity index is 2.25. The van der Waals surface area contributed by atoms with Gasteiger partial charge in [0.1, 0.15) is 5.75 Å². The number of ether oxygens (including phenoxy) is 1. The molecule has 0 saturated heterocycles. The normalized spacial score (nSPS) is 17.4. The minimum absolute atomic E-state index is 0.0141. The summed E-state index contributed by atoms with van der Waals surface area (Å²) in [5.74, 6) is 0.579. The van der Waals surface area contributed by atoms with Gasteiger partial charge in [-0.15, -0.1) is 0 Å². The van der Waals surface area contributed by atoms with E-state index in [2.05, 4.69) is 5.32 Å². The van der Waals surface area contributed by atoms with Crippen LogP contribution in [0, 0.1) is 0 Å². The van der Waals surface area contributed by atoms with Crippen LogP contribution in [-0.4, -0.2) is 24.5 Å². The highest BCUT2D eigenvalue weighted by Gasteiger charge is 2.30. The Morgan fingerprint density at radius 3 is 2.80 bits per heavy atom. The highest BCUT2D eigenvalue weighted by Crippen LogP contribution is 2.36. The van der Waals surface area contributed by atoms with Crippen LogP contribution in [0.25, 0.3) is 0 Å². The molecule has 20 heavy (non-hydrogen) atoms. The number of rotatable bonds is 4. The molecule has 1 unspecified atom stereocenters. The molecule has 108 valence electrons. The summed E-state index contributed by atoms with van der Waals surface area (Å²) in [4.78, 5) is 25.3. The fraction of sp³-hybridized carbons (Fsp3) is 0.467. The third-order valence-electron chi connectivity index (χ3n) is 3.25. The Kier molecular flexibility index (Phi) is 4.27. The van der Waals surface area contributed by atoms with Crippen molar-refractivity contribution in [2.45, 2.75) is 39.7 Å². The predicted molar refractivity (Wildman–Crippen MR) is 78.1 cm³/mol. The molecular weight excluding hydrogens is 256 g/mol. The Morgan fingerprint density at radius 2 is 2.15 bits per heavy atom. The summed E-state index contributed by atoms with van der Waals surface area (Å²) >= 11 is 0. The van der Waals surface area contributed by atoms with Crippen molar-refractivity contribution in [3.63, 3.8) is 0 Å². The summed E-state index contributed by atoms with van der Waals surface area (Å²) < 4.78 is 5.62. The third-order valence-corrected chi connectivity index (χ3v) is 3.25. The number of nitrogens with one attached hydrogen (secondary N) is 1. The molecule has 1 aromatic rings. The lowest BCUT2D eigenvalue weighted by Gasteiger charge is -2.32. The fourth-order valence-corrected chi connectivity index (χ4v) is 2.27. The number of amides is 2. The van der Waals surface area contributed by atoms with Gasteiger partial charge in [0.2, 0.25) is 5.91 Å². The van der Waals surface area contributed by atoms with Crippen molar-refractivity contribution in [1.82, 2.24) is 0 Å². The van der Waals surface area contributed by atoms with Crippen LogP contribution in [0.15, 0.2) is 18.2 Å². The number of carbonyl (C=O) groups excluding carboxylic acids is 2. The number of hydrogen-bond donors (Lipinski definition) is 1. The molecule has 0 aromatic heterocycles. The van der Waals surface area contributed by atoms with Gasteiger partial charge in [0.15, 0.2) is 6.10 Å². The average Bonchev–Trinajstić information content (AvgIpc) is 2.40. The number of nitrogens with zero attached hydrogens (tertiary/aromatic N) is 1. The van der Waals surface area contributed by atoms with Gasteiger partial charge in [0.25, 0.3) is 5.91 Å². The Bertz CT molecular complexity index is 528. The molecule has 0 saturated carbocycles. The first-order valence-corrected chi connectivity index (χ1v) is 6.98. The highest BCUT2D eigenvalue weighted by atomic mass is 16.5. The lowest BCUT2D eigenvalue weighted by atomic mass is 10.1. The molecule has 0 spiro atoms. The topological polar surface area (TPSA) is 58.6 Å². The third kappa shape index (κ3) is 2.76. The summed E-state index contributed by atoms with van der Waals surface area (Å²) in [7, 11) is 0. The van der Waals surface area contributed by atoms with Gasteiger partial charge in [-0.25, -0.2) is 0 Å². The maximum atomic E-state index is 12.0. The van der Waals surface area contributed by atoms with Gasteiger partial charge < -0.3 is 15.0 Å². The van der Waals surface area contributed by atoms with Gasteiger partial charge in [-0.1, -0.05) is 6.92 Å². The van der Waals surface area contributed by atoms with Crippen molar-refractivity contribution in [2.24, 2.45) is 0 Å². The molecular formula is C15H20N2O3. The molecule has 5 heteroatoms. The van der Waals surface area contributed by atoms with Crippen LogP contribution in [0.1, 0.15) is 33.6 Å². The van der Waals surface area contributed by atoms with Crippen molar-refractivity contribution in [2.75, 3.05) is 16.8 Å². The van der Waals surface area contributed by atoms with Crippen LogP contribution in [0.2, 0.25) is 0 Å². The van der Waals surface area contributed by atoms with E-state index in [1.165, 1.54) is 0 Å². The summed E-state index contributed by atoms with van der Waals surface area (Å²) in [6, 6.07) is 5.38. The van der Waals surface area contributed by atoms with Gasteiger partial charge in [0, 0.05) is 24.7 Å². The van der Waals surface area contributed by atoms with Crippen molar-refractivity contribution in [3.8, 4) is 5.75 Å². The van der Waals surface area contributed by atoms with E-state index in [0.717, 1.165) is 12.1 Å². The molecule has 1 aliphatic heterocycles. The molecule has 0 radical (unpaired) electrons. The molecule has 0 fully saturated rings. The van der Waals surface area contributed by atoms with Crippen molar-refractivity contribution in [3.05, 3.63) is 18.2 Å². The Morgan fingerprint density at radius 1 is 1.40 bits per heavy atom. The standard InChI is InChI=1S/C15H20N2O3/c1-4-6-14(18)16-11-7-8-12-13(9-11)20-10(3)15(19)17(12)5-2/h7-10H,4-6H2,1-3H3,(H,16,18). The van der Waals surface area contributed by atoms with Crippen LogP contribution in [-0.2, 0) is 9.59 Å². The van der Waals surface area contributed by atoms with E-state index in [1.54, 1.807) is 24.0 Å². The largest absolute Gasteiger partial charge is 0.479 e. The quantitative estimate of drug-likeness (QED) is 0.919. The Labute approximate surface area is 118 Å². The molecule has 1 atom stereocenters. The van der Waals surface area contributed by atoms with Gasteiger partial charge in [-0.05, 0) is 32.4 Å². The summed E-state index contributed by atoms with van der Waals surface area (Å²) in [5.41, 5.74) is 1.45. The van der Waals surface area contributed by atoms with Crippen LogP contribution < -0.4 is 15.0 Å². The summed E-state index contributed by atoms with van der Waals surface area (Å²) in [6.07, 6.45) is 0.806. The predicted octanol–water partition coefficient (Wildman–Crippen LogP) is 2.56. The van der Waals surface area contributed by atoms with Crippen LogP contribution in [0.4, 0.5) is 11.4 Å². The summed E-state index contributed by atoms with van der Waals surface area (Å²) in [6.45, 7) is 6.22. The minimum Gasteiger partial charge on any atom is -0.479 e. The van der Waals surface area contributed by atoms with Crippen LogP contribution in [0.3, 0.4) is 0 Å². The zero-order chi connectivity index (χ0) is 14.7. The molecule has 0 aliphatic carbocycles. The zero-order valence-corrected chi connectivity index (χ0v) is 12.1. The van der Waals surface area contributed by atoms with Crippen molar-refractivity contribution < 1.29 is 14.3 Å². The second-order valence-corrected chi connectivity index (χ2v) is 4.82. The van der Waals surface area contributed by atoms with E-state index in [0.29, 0.717) is 24.4 Å². The van der Waals surface area contributed by atoms with Crippen LogP contribution >= 0.6 is 0 Å². The molecule has 1 N–H and O–H groups in total. The first-order chi connectivity index (χ1) is 9.56. The number of likely N-dealkylation sites (N-methyl/N-ethyl adjacent to an activating group) is 1. The van der Waals surface area contributed by atoms with Crippen LogP contribution in [0.5, 0.6) is 5.75 Å². The number of anilines is 2. The lowest BCUT2D eigenvalue weighted by Crippen LogP contribution is -2.44. The smallest absolute Gasteiger partial charge is 0.267 e. The fourth-order valence-electron chi connectivity index (χ4n) is 2.27. The molecule has 2 rings (SSSR count). The summed E-state index contributed by atoms with van der Waals surface area (Å²) in [5, 5.41) is 2.83. The van der Waals surface area contributed by atoms with E-state index in [1.807, 2.05) is 19.9 Å². The number of fused-ring (bicyclic) bond motifs is 1. The molecule has 0 bridgehead atoms. The maximum Gasteiger partial charge on any atom is 0.267 e. The molecule has 2 amide bonds. The van der Waals surface area contributed by atoms with E-state index < -0.39 is 6.10 Å². The van der Waals surface area contributed by atoms with Crippen molar-refractivity contribution >= 4 is 23.2 Å². The second kappa shape index (κ2) is 5.94. The van der Waals surface area contributed by atoms with E-state index in [4.69, 9.17) is 4.74 Å². The number of benzene rings is 1. The second-order valence-electron chi connectivity index (χ2n) is 4.82. The Hall–Kier alpha value is -2.04. The molecule has 1 aromatic carbocycles.